The minimum absolute atomic E-state index is 0.0218. The van der Waals surface area contributed by atoms with Crippen molar-refractivity contribution in [3.63, 3.8) is 0 Å². The smallest absolute Gasteiger partial charge is 0.187 e. The first-order chi connectivity index (χ1) is 35.4. The van der Waals surface area contributed by atoms with Crippen molar-refractivity contribution in [3.05, 3.63) is 11.6 Å². The zero-order chi connectivity index (χ0) is 54.4. The predicted octanol–water partition coefficient (Wildman–Crippen LogP) is -2.35. The number of hydrogen-bond acceptors (Lipinski definition) is 23. The van der Waals surface area contributed by atoms with Gasteiger partial charge >= 0.3 is 0 Å². The van der Waals surface area contributed by atoms with Gasteiger partial charge in [0.15, 0.2) is 30.9 Å². The second kappa shape index (κ2) is 22.6. The monoisotopic (exact) mass is 1080 g/mol. The molecule has 432 valence electrons. The highest BCUT2D eigenvalue weighted by molar-refractivity contribution is 5.28. The van der Waals surface area contributed by atoms with Gasteiger partial charge in [-0.05, 0) is 87.4 Å². The molecule has 23 nitrogen and oxygen atoms in total. The molecule has 4 aliphatic carbocycles. The number of rotatable bonds is 15. The molecule has 32 atom stereocenters. The van der Waals surface area contributed by atoms with Crippen LogP contribution in [-0.4, -0.2) is 240 Å². The molecule has 75 heavy (non-hydrogen) atoms. The van der Waals surface area contributed by atoms with Gasteiger partial charge in [-0.15, -0.1) is 0 Å². The van der Waals surface area contributed by atoms with E-state index in [0.29, 0.717) is 25.2 Å². The second-order valence-corrected chi connectivity index (χ2v) is 24.1. The number of aliphatic hydroxyl groups excluding tert-OH is 13. The van der Waals surface area contributed by atoms with Crippen molar-refractivity contribution in [2.24, 2.45) is 46.3 Å². The van der Waals surface area contributed by atoms with E-state index in [2.05, 4.69) is 26.8 Å². The molecule has 3 saturated carbocycles. The van der Waals surface area contributed by atoms with E-state index in [4.69, 9.17) is 47.4 Å². The summed E-state index contributed by atoms with van der Waals surface area (Å²) in [4.78, 5) is 0. The van der Waals surface area contributed by atoms with Crippen molar-refractivity contribution < 1.29 is 114 Å². The summed E-state index contributed by atoms with van der Waals surface area (Å²) in [6, 6.07) is 0. The Hall–Kier alpha value is -1.18. The fourth-order valence-electron chi connectivity index (χ4n) is 15.3. The van der Waals surface area contributed by atoms with Crippen molar-refractivity contribution in [3.8, 4) is 0 Å². The Morgan fingerprint density at radius 1 is 0.653 bits per heavy atom. The average molecular weight is 1080 g/mol. The van der Waals surface area contributed by atoms with Crippen molar-refractivity contribution in [2.45, 2.75) is 240 Å². The summed E-state index contributed by atoms with van der Waals surface area (Å²) in [5.41, 5.74) is 0.361. The van der Waals surface area contributed by atoms with Crippen LogP contribution in [-0.2, 0) is 47.4 Å². The van der Waals surface area contributed by atoms with Crippen LogP contribution < -0.4 is 0 Å². The van der Waals surface area contributed by atoms with Crippen molar-refractivity contribution in [1.29, 1.82) is 0 Å². The molecule has 5 heterocycles. The lowest BCUT2D eigenvalue weighted by Crippen LogP contribution is -2.66. The minimum Gasteiger partial charge on any atom is -0.394 e. The highest BCUT2D eigenvalue weighted by atomic mass is 16.8. The number of aliphatic hydroxyl groups is 13. The molecular weight excluding hydrogens is 993 g/mol. The van der Waals surface area contributed by atoms with Crippen LogP contribution in [0.2, 0.25) is 0 Å². The molecular formula is C52H86O23. The number of fused-ring (bicyclic) bond motifs is 7. The molecule has 0 unspecified atom stereocenters. The molecule has 0 amide bonds. The van der Waals surface area contributed by atoms with E-state index in [1.165, 1.54) is 13.8 Å². The van der Waals surface area contributed by atoms with E-state index in [0.717, 1.165) is 31.3 Å². The summed E-state index contributed by atoms with van der Waals surface area (Å²) in [5, 5.41) is 139. The van der Waals surface area contributed by atoms with E-state index >= 15 is 0 Å². The van der Waals surface area contributed by atoms with Gasteiger partial charge < -0.3 is 114 Å². The van der Waals surface area contributed by atoms with Crippen LogP contribution in [0, 0.1) is 46.3 Å². The zero-order valence-corrected chi connectivity index (χ0v) is 44.0. The van der Waals surface area contributed by atoms with Gasteiger partial charge in [0.1, 0.15) is 85.5 Å². The third-order valence-corrected chi connectivity index (χ3v) is 19.9. The van der Waals surface area contributed by atoms with Crippen molar-refractivity contribution in [2.75, 3.05) is 26.9 Å². The Morgan fingerprint density at radius 3 is 1.85 bits per heavy atom. The minimum atomic E-state index is -1.79. The van der Waals surface area contributed by atoms with Gasteiger partial charge in [0.05, 0.1) is 50.3 Å². The quantitative estimate of drug-likeness (QED) is 0.0764. The third kappa shape index (κ3) is 10.2. The van der Waals surface area contributed by atoms with Gasteiger partial charge in [-0.25, -0.2) is 0 Å². The lowest BCUT2D eigenvalue weighted by molar-refractivity contribution is -0.389. The normalized spacial score (nSPS) is 55.3. The van der Waals surface area contributed by atoms with E-state index < -0.39 is 159 Å². The lowest BCUT2D eigenvalue weighted by atomic mass is 9.46. The maximum absolute atomic E-state index is 12.4. The molecule has 0 spiro atoms. The highest BCUT2D eigenvalue weighted by Gasteiger charge is 2.69. The Balaban J connectivity index is 0.868. The molecule has 5 aliphatic heterocycles. The summed E-state index contributed by atoms with van der Waals surface area (Å²) in [5.74, 6) is 0.115. The molecule has 5 saturated heterocycles. The number of ether oxygens (including phenoxy) is 10. The maximum Gasteiger partial charge on any atom is 0.187 e. The Bertz CT molecular complexity index is 1950. The van der Waals surface area contributed by atoms with Crippen LogP contribution in [0.3, 0.4) is 0 Å². The lowest BCUT2D eigenvalue weighted by Gasteiger charge is -2.60. The SMILES string of the molecule is CO[C@]1(CC[C@@H](C)CO[C@@H]2O[C@H](CO)[C@@H](O)[C@H](O)[C@H]2O)O[C@H]2C[C@H]3[C@@H]4CC=C5C[C@@H](O[C@@H]6O[C@H](CO)[C@@H](O[C@@H]7O[C@@H](C)[C@H](O)[C@@H](O)[C@H]7O)[C@H](O)[C@H]6O[C@@H]6O[C@@H](C)[C@H](O)[C@@H](O)[C@H]6O)C[C@H](O)[C@]5(C)[C@H]4CC[C@]3(C)[C@H]2[C@@H]1C. The third-order valence-electron chi connectivity index (χ3n) is 19.9. The molecule has 0 aromatic carbocycles. The van der Waals surface area contributed by atoms with Gasteiger partial charge in [-0.2, -0.15) is 0 Å². The van der Waals surface area contributed by atoms with Gasteiger partial charge in [-0.1, -0.05) is 39.3 Å². The van der Waals surface area contributed by atoms with Crippen LogP contribution in [0.15, 0.2) is 11.6 Å². The topological polar surface area (TPSA) is 355 Å². The maximum atomic E-state index is 12.4. The van der Waals surface area contributed by atoms with E-state index in [9.17, 15) is 66.4 Å². The molecule has 9 rings (SSSR count). The van der Waals surface area contributed by atoms with Gasteiger partial charge in [-0.3, -0.25) is 0 Å². The zero-order valence-electron chi connectivity index (χ0n) is 44.0. The Morgan fingerprint density at radius 2 is 1.24 bits per heavy atom. The summed E-state index contributed by atoms with van der Waals surface area (Å²) in [7, 11) is 1.69. The average Bonchev–Trinajstić information content (AvgIpc) is 3.85. The number of methoxy groups -OCH3 is 1. The highest BCUT2D eigenvalue weighted by Crippen LogP contribution is 2.70. The van der Waals surface area contributed by atoms with Crippen LogP contribution in [0.4, 0.5) is 0 Å². The predicted molar refractivity (Wildman–Crippen MR) is 255 cm³/mol. The molecule has 0 radical (unpaired) electrons. The van der Waals surface area contributed by atoms with Crippen LogP contribution in [0.25, 0.3) is 0 Å². The van der Waals surface area contributed by atoms with Crippen molar-refractivity contribution >= 4 is 0 Å². The second-order valence-electron chi connectivity index (χ2n) is 24.1. The first-order valence-corrected chi connectivity index (χ1v) is 27.3. The van der Waals surface area contributed by atoms with Gasteiger partial charge in [0.25, 0.3) is 0 Å². The van der Waals surface area contributed by atoms with Crippen molar-refractivity contribution in [1.82, 2.24) is 0 Å². The molecule has 9 aliphatic rings. The van der Waals surface area contributed by atoms with Crippen LogP contribution in [0.1, 0.15) is 92.9 Å². The Labute approximate surface area is 437 Å². The fourth-order valence-corrected chi connectivity index (χ4v) is 15.3. The molecule has 8 fully saturated rings. The fraction of sp³-hybridized carbons (Fsp3) is 0.962. The number of allylic oxidation sites excluding steroid dienone is 1. The van der Waals surface area contributed by atoms with Crippen LogP contribution in [0.5, 0.6) is 0 Å². The Kier molecular flexibility index (Phi) is 17.6. The standard InChI is InChI=1S/C52H86O23/c1-20(19-67-46-40(62)39(61)36(58)30(17-53)71-46)10-13-52(66-7)21(2)33-29(75-52)16-28-26-9-8-24-14-25(15-32(55)51(24,6)27(26)11-12-50(28,33)5)70-49-45(74-48-42(64)38(60)35(57)23(4)69-48)43(65)44(31(18-54)72-49)73-47-41(63)37(59)34(56)22(3)68-47/h8,20-23,25-49,53-65H,9-19H2,1-7H3/t20-,21+,22+,23+,25-,26-,27+,28+,29+,30-,31-,32+,33+,34+,35+,36-,37-,38-,39+,40-,41-,42-,43+,44-,45-,46-,47+,48+,49-,50+,51+,52-/m1/s1. The van der Waals surface area contributed by atoms with E-state index in [1.807, 2.05) is 6.92 Å². The number of hydrogen-bond donors (Lipinski definition) is 13. The molecule has 0 aromatic rings. The summed E-state index contributed by atoms with van der Waals surface area (Å²) in [6.07, 6.45) is -23.6. The summed E-state index contributed by atoms with van der Waals surface area (Å²) in [6.45, 7) is 10.6. The molecule has 23 heteroatoms. The van der Waals surface area contributed by atoms with Gasteiger partial charge in [0, 0.05) is 31.3 Å². The summed E-state index contributed by atoms with van der Waals surface area (Å²) < 4.78 is 61.2. The van der Waals surface area contributed by atoms with Gasteiger partial charge in [0.2, 0.25) is 0 Å². The first-order valence-electron chi connectivity index (χ1n) is 27.3. The van der Waals surface area contributed by atoms with E-state index in [1.54, 1.807) is 7.11 Å². The molecule has 0 aromatic heterocycles. The van der Waals surface area contributed by atoms with Crippen LogP contribution >= 0.6 is 0 Å². The first kappa shape index (κ1) is 58.5. The summed E-state index contributed by atoms with van der Waals surface area (Å²) >= 11 is 0. The largest absolute Gasteiger partial charge is 0.394 e. The van der Waals surface area contributed by atoms with E-state index in [-0.39, 0.29) is 54.1 Å². The molecule has 13 N–H and O–H groups in total. The molecule has 0 bridgehead atoms.